The van der Waals surface area contributed by atoms with Gasteiger partial charge in [0, 0.05) is 6.54 Å². The Labute approximate surface area is 88.0 Å². The third kappa shape index (κ3) is 2.21. The minimum atomic E-state index is -0.381. The smallest absolute Gasteiger partial charge is 0.117 e. The number of aromatic hydroxyl groups is 1. The number of hydrogen-bond acceptors (Lipinski definition) is 2. The largest absolute Gasteiger partial charge is 0.508 e. The minimum Gasteiger partial charge on any atom is -0.508 e. The molecule has 0 amide bonds. The summed E-state index contributed by atoms with van der Waals surface area (Å²) in [4.78, 5) is 0. The van der Waals surface area contributed by atoms with E-state index in [1.165, 1.54) is 0 Å². The maximum absolute atomic E-state index is 9.03. The topological polar surface area (TPSA) is 46.2 Å². The van der Waals surface area contributed by atoms with Crippen LogP contribution in [-0.2, 0) is 3.23 Å². The summed E-state index contributed by atoms with van der Waals surface area (Å²) in [5.74, 6) is 0.256. The predicted molar refractivity (Wildman–Crippen MR) is 56.7 cm³/mol. The number of hydrogen-bond donors (Lipinski definition) is 2. The lowest BCUT2D eigenvalue weighted by Crippen LogP contribution is -2.21. The van der Waals surface area contributed by atoms with Gasteiger partial charge in [-0.3, -0.25) is 0 Å². The summed E-state index contributed by atoms with van der Waals surface area (Å²) < 4.78 is -0.381. The molecule has 0 spiro atoms. The van der Waals surface area contributed by atoms with Crippen molar-refractivity contribution < 1.29 is 5.11 Å². The van der Waals surface area contributed by atoms with E-state index in [0.717, 1.165) is 5.56 Å². The third-order valence-electron chi connectivity index (χ3n) is 1.55. The lowest BCUT2D eigenvalue weighted by Gasteiger charge is -2.18. The Morgan fingerprint density at radius 1 is 1.25 bits per heavy atom. The van der Waals surface area contributed by atoms with E-state index in [-0.39, 0.29) is 8.98 Å². The van der Waals surface area contributed by atoms with Crippen LogP contribution in [0, 0.1) is 0 Å². The molecule has 0 fully saturated rings. The van der Waals surface area contributed by atoms with Gasteiger partial charge in [-0.25, -0.2) is 0 Å². The van der Waals surface area contributed by atoms with E-state index >= 15 is 0 Å². The molecule has 0 radical (unpaired) electrons. The van der Waals surface area contributed by atoms with Gasteiger partial charge in [0.2, 0.25) is 0 Å². The monoisotopic (exact) mass is 293 g/mol. The Morgan fingerprint density at radius 3 is 2.17 bits per heavy atom. The predicted octanol–water partition coefficient (Wildman–Crippen LogP) is 2.29. The highest BCUT2D eigenvalue weighted by Crippen LogP contribution is 2.37. The molecule has 66 valence electrons. The highest BCUT2D eigenvalue weighted by atomic mass is 79.9. The molecule has 0 aliphatic carbocycles. The first-order valence-corrected chi connectivity index (χ1v) is 5.02. The number of phenolic OH excluding ortho intramolecular Hbond substituents is 1. The van der Waals surface area contributed by atoms with Gasteiger partial charge in [-0.05, 0) is 17.7 Å². The molecular weight excluding hydrogens is 286 g/mol. The molecule has 4 heteroatoms. The maximum atomic E-state index is 9.03. The van der Waals surface area contributed by atoms with Crippen molar-refractivity contribution >= 4 is 31.9 Å². The van der Waals surface area contributed by atoms with E-state index in [9.17, 15) is 0 Å². The molecule has 12 heavy (non-hydrogen) atoms. The van der Waals surface area contributed by atoms with Crippen LogP contribution < -0.4 is 5.73 Å². The first-order chi connectivity index (χ1) is 5.56. The molecule has 1 aromatic carbocycles. The number of phenols is 1. The summed E-state index contributed by atoms with van der Waals surface area (Å²) in [7, 11) is 0. The third-order valence-corrected chi connectivity index (χ3v) is 3.11. The number of halogens is 2. The van der Waals surface area contributed by atoms with Gasteiger partial charge in [-0.1, -0.05) is 44.0 Å². The van der Waals surface area contributed by atoms with Gasteiger partial charge in [-0.2, -0.15) is 0 Å². The summed E-state index contributed by atoms with van der Waals surface area (Å²) >= 11 is 6.85. The Bertz CT molecular complexity index is 258. The van der Waals surface area contributed by atoms with Crippen molar-refractivity contribution in [3.05, 3.63) is 29.8 Å². The van der Waals surface area contributed by atoms with Crippen molar-refractivity contribution in [2.45, 2.75) is 3.23 Å². The second kappa shape index (κ2) is 3.77. The van der Waals surface area contributed by atoms with E-state index in [0.29, 0.717) is 6.54 Å². The van der Waals surface area contributed by atoms with Crippen molar-refractivity contribution in [1.82, 2.24) is 0 Å². The molecule has 1 aromatic rings. The second-order valence-corrected chi connectivity index (χ2v) is 6.23. The van der Waals surface area contributed by atoms with Crippen LogP contribution >= 0.6 is 31.9 Å². The van der Waals surface area contributed by atoms with E-state index < -0.39 is 0 Å². The molecule has 0 heterocycles. The van der Waals surface area contributed by atoms with Gasteiger partial charge in [-0.15, -0.1) is 0 Å². The molecule has 0 saturated heterocycles. The van der Waals surface area contributed by atoms with Crippen LogP contribution in [0.2, 0.25) is 0 Å². The van der Waals surface area contributed by atoms with Crippen molar-refractivity contribution in [3.63, 3.8) is 0 Å². The van der Waals surface area contributed by atoms with Crippen LogP contribution in [0.15, 0.2) is 24.3 Å². The van der Waals surface area contributed by atoms with Crippen LogP contribution in [0.3, 0.4) is 0 Å². The normalized spacial score (nSPS) is 11.6. The first kappa shape index (κ1) is 10.0. The molecule has 0 bridgehead atoms. The van der Waals surface area contributed by atoms with E-state index in [1.807, 2.05) is 12.1 Å². The first-order valence-electron chi connectivity index (χ1n) is 3.43. The van der Waals surface area contributed by atoms with Gasteiger partial charge in [0.15, 0.2) is 0 Å². The van der Waals surface area contributed by atoms with Gasteiger partial charge < -0.3 is 10.8 Å². The summed E-state index contributed by atoms with van der Waals surface area (Å²) in [6.07, 6.45) is 0. The average molecular weight is 295 g/mol. The number of benzene rings is 1. The van der Waals surface area contributed by atoms with Gasteiger partial charge >= 0.3 is 0 Å². The fraction of sp³-hybridized carbons (Fsp3) is 0.250. The summed E-state index contributed by atoms with van der Waals surface area (Å²) in [6.45, 7) is 0.442. The molecule has 0 aliphatic heterocycles. The van der Waals surface area contributed by atoms with Crippen LogP contribution in [0.5, 0.6) is 5.75 Å². The zero-order valence-corrected chi connectivity index (χ0v) is 9.47. The van der Waals surface area contributed by atoms with E-state index in [1.54, 1.807) is 12.1 Å². The molecule has 1 rings (SSSR count). The number of rotatable bonds is 2. The fourth-order valence-electron chi connectivity index (χ4n) is 0.823. The molecule has 0 atom stereocenters. The van der Waals surface area contributed by atoms with Gasteiger partial charge in [0.25, 0.3) is 0 Å². The Hall–Kier alpha value is -0.0600. The Balaban J connectivity index is 2.96. The van der Waals surface area contributed by atoms with E-state index in [2.05, 4.69) is 31.9 Å². The molecule has 0 saturated carbocycles. The lowest BCUT2D eigenvalue weighted by molar-refractivity contribution is 0.475. The van der Waals surface area contributed by atoms with Crippen LogP contribution in [-0.4, -0.2) is 11.7 Å². The summed E-state index contributed by atoms with van der Waals surface area (Å²) in [5, 5.41) is 9.03. The van der Waals surface area contributed by atoms with Gasteiger partial charge in [0.05, 0.1) is 0 Å². The summed E-state index contributed by atoms with van der Waals surface area (Å²) in [5.41, 5.74) is 6.51. The Kier molecular flexibility index (Phi) is 3.15. The van der Waals surface area contributed by atoms with Crippen LogP contribution in [0.1, 0.15) is 5.56 Å². The second-order valence-electron chi connectivity index (χ2n) is 2.46. The van der Waals surface area contributed by atoms with Gasteiger partial charge in [0.1, 0.15) is 8.98 Å². The molecule has 2 nitrogen and oxygen atoms in total. The molecule has 0 aliphatic rings. The quantitative estimate of drug-likeness (QED) is 0.822. The summed E-state index contributed by atoms with van der Waals surface area (Å²) in [6, 6.07) is 6.88. The molecule has 0 aromatic heterocycles. The highest BCUT2D eigenvalue weighted by molar-refractivity contribution is 9.24. The van der Waals surface area contributed by atoms with Crippen LogP contribution in [0.4, 0.5) is 0 Å². The number of nitrogens with two attached hydrogens (primary N) is 1. The highest BCUT2D eigenvalue weighted by Gasteiger charge is 2.22. The van der Waals surface area contributed by atoms with Crippen molar-refractivity contribution in [3.8, 4) is 5.75 Å². The average Bonchev–Trinajstić information content (AvgIpc) is 2.05. The zero-order valence-electron chi connectivity index (χ0n) is 6.30. The van der Waals surface area contributed by atoms with Crippen molar-refractivity contribution in [2.75, 3.05) is 6.54 Å². The standard InChI is InChI=1S/C8H9Br2NO/c9-8(10,5-11)6-1-3-7(12)4-2-6/h1-4,12H,5,11H2. The molecule has 0 unspecified atom stereocenters. The van der Waals surface area contributed by atoms with E-state index in [4.69, 9.17) is 10.8 Å². The fourth-order valence-corrected chi connectivity index (χ4v) is 1.35. The molecule has 3 N–H and O–H groups in total. The lowest BCUT2D eigenvalue weighted by atomic mass is 10.1. The minimum absolute atomic E-state index is 0.256. The molecular formula is C8H9Br2NO. The SMILES string of the molecule is NCC(Br)(Br)c1ccc(O)cc1. The van der Waals surface area contributed by atoms with Crippen molar-refractivity contribution in [1.29, 1.82) is 0 Å². The zero-order chi connectivity index (χ0) is 9.19. The number of alkyl halides is 2. The van der Waals surface area contributed by atoms with Crippen molar-refractivity contribution in [2.24, 2.45) is 5.73 Å². The maximum Gasteiger partial charge on any atom is 0.117 e. The Morgan fingerprint density at radius 2 is 1.75 bits per heavy atom. The van der Waals surface area contributed by atoms with Crippen LogP contribution in [0.25, 0.3) is 0 Å².